The number of para-hydroxylation sites is 1. The van der Waals surface area contributed by atoms with Crippen molar-refractivity contribution in [2.75, 3.05) is 18.5 Å². The van der Waals surface area contributed by atoms with Gasteiger partial charge in [-0.15, -0.1) is 10.2 Å². The SMILES string of the molecule is Cc1occc1-c1nnc(SC(C)C(=O)Nc2ccc3c(c2)OCCO3)n1-c1ccccc1. The van der Waals surface area contributed by atoms with Crippen LogP contribution in [0.5, 0.6) is 11.5 Å². The molecule has 1 aliphatic rings. The lowest BCUT2D eigenvalue weighted by atomic mass is 10.2. The molecule has 0 aliphatic carbocycles. The van der Waals surface area contributed by atoms with Gasteiger partial charge in [0.2, 0.25) is 5.91 Å². The van der Waals surface area contributed by atoms with Gasteiger partial charge in [0.15, 0.2) is 22.5 Å². The van der Waals surface area contributed by atoms with Crippen molar-refractivity contribution in [3.63, 3.8) is 0 Å². The van der Waals surface area contributed by atoms with Gasteiger partial charge < -0.3 is 19.2 Å². The van der Waals surface area contributed by atoms with Crippen molar-refractivity contribution in [1.82, 2.24) is 14.8 Å². The molecule has 0 radical (unpaired) electrons. The zero-order chi connectivity index (χ0) is 22.8. The predicted octanol–water partition coefficient (Wildman–Crippen LogP) is 4.73. The van der Waals surface area contributed by atoms with E-state index in [9.17, 15) is 4.79 Å². The topological polar surface area (TPSA) is 91.4 Å². The molecule has 33 heavy (non-hydrogen) atoms. The number of nitrogens with one attached hydrogen (secondary N) is 1. The van der Waals surface area contributed by atoms with Crippen LogP contribution in [-0.4, -0.2) is 39.1 Å². The number of carbonyl (C=O) groups is 1. The molecule has 2 aromatic carbocycles. The molecule has 0 fully saturated rings. The van der Waals surface area contributed by atoms with Gasteiger partial charge in [0.05, 0.1) is 17.1 Å². The molecule has 8 nitrogen and oxygen atoms in total. The number of carbonyl (C=O) groups excluding carboxylic acids is 1. The molecule has 9 heteroatoms. The lowest BCUT2D eigenvalue weighted by Crippen LogP contribution is -2.23. The van der Waals surface area contributed by atoms with E-state index in [1.54, 1.807) is 24.5 Å². The standard InChI is InChI=1S/C24H22N4O4S/c1-15-19(10-11-30-15)22-26-27-24(28(22)18-6-4-3-5-7-18)33-16(2)23(29)25-17-8-9-20-21(14-17)32-13-12-31-20/h3-11,14,16H,12-13H2,1-2H3,(H,25,29). The second-order valence-corrected chi connectivity index (χ2v) is 8.78. The van der Waals surface area contributed by atoms with E-state index in [-0.39, 0.29) is 5.91 Å². The third kappa shape index (κ3) is 4.31. The van der Waals surface area contributed by atoms with Gasteiger partial charge in [-0.1, -0.05) is 30.0 Å². The maximum absolute atomic E-state index is 12.9. The number of amides is 1. The maximum atomic E-state index is 12.9. The van der Waals surface area contributed by atoms with Crippen LogP contribution in [0.15, 0.2) is 70.4 Å². The molecule has 0 bridgehead atoms. The summed E-state index contributed by atoms with van der Waals surface area (Å²) in [6.45, 7) is 4.74. The number of thioether (sulfide) groups is 1. The zero-order valence-corrected chi connectivity index (χ0v) is 19.0. The van der Waals surface area contributed by atoms with Gasteiger partial charge in [0.1, 0.15) is 19.0 Å². The molecule has 0 saturated heterocycles. The molecule has 2 aromatic heterocycles. The highest BCUT2D eigenvalue weighted by Crippen LogP contribution is 2.34. The first-order chi connectivity index (χ1) is 16.1. The fourth-order valence-corrected chi connectivity index (χ4v) is 4.39. The Labute approximate surface area is 194 Å². The van der Waals surface area contributed by atoms with Crippen LogP contribution in [-0.2, 0) is 4.79 Å². The first-order valence-corrected chi connectivity index (χ1v) is 11.4. The quantitative estimate of drug-likeness (QED) is 0.414. The van der Waals surface area contributed by atoms with Crippen molar-refractivity contribution in [1.29, 1.82) is 0 Å². The van der Waals surface area contributed by atoms with Crippen LogP contribution in [0, 0.1) is 6.92 Å². The van der Waals surface area contributed by atoms with Crippen molar-refractivity contribution in [2.45, 2.75) is 24.3 Å². The molecule has 168 valence electrons. The Morgan fingerprint density at radius 1 is 1.06 bits per heavy atom. The summed E-state index contributed by atoms with van der Waals surface area (Å²) in [4.78, 5) is 12.9. The Kier molecular flexibility index (Phi) is 5.78. The summed E-state index contributed by atoms with van der Waals surface area (Å²) in [7, 11) is 0. The van der Waals surface area contributed by atoms with Crippen LogP contribution in [0.3, 0.4) is 0 Å². The smallest absolute Gasteiger partial charge is 0.237 e. The zero-order valence-electron chi connectivity index (χ0n) is 18.1. The molecular formula is C24H22N4O4S. The number of ether oxygens (including phenoxy) is 2. The minimum absolute atomic E-state index is 0.152. The lowest BCUT2D eigenvalue weighted by molar-refractivity contribution is -0.115. The van der Waals surface area contributed by atoms with E-state index in [0.29, 0.717) is 41.4 Å². The molecule has 5 rings (SSSR count). The molecule has 0 spiro atoms. The minimum Gasteiger partial charge on any atom is -0.486 e. The Bertz CT molecular complexity index is 1280. The third-order valence-electron chi connectivity index (χ3n) is 5.21. The number of benzene rings is 2. The third-order valence-corrected chi connectivity index (χ3v) is 6.25. The van der Waals surface area contributed by atoms with Gasteiger partial charge in [-0.25, -0.2) is 0 Å². The van der Waals surface area contributed by atoms with Crippen molar-refractivity contribution >= 4 is 23.4 Å². The van der Waals surface area contributed by atoms with E-state index < -0.39 is 5.25 Å². The highest BCUT2D eigenvalue weighted by Gasteiger charge is 2.23. The molecule has 1 unspecified atom stereocenters. The fourth-order valence-electron chi connectivity index (χ4n) is 3.52. The summed E-state index contributed by atoms with van der Waals surface area (Å²) in [5.74, 6) is 2.57. The number of hydrogen-bond acceptors (Lipinski definition) is 7. The van der Waals surface area contributed by atoms with Crippen molar-refractivity contribution in [3.05, 3.63) is 66.6 Å². The molecular weight excluding hydrogens is 440 g/mol. The number of rotatable bonds is 6. The number of furan rings is 1. The lowest BCUT2D eigenvalue weighted by Gasteiger charge is -2.19. The summed E-state index contributed by atoms with van der Waals surface area (Å²) >= 11 is 1.34. The van der Waals surface area contributed by atoms with Gasteiger partial charge in [-0.2, -0.15) is 0 Å². The van der Waals surface area contributed by atoms with Crippen LogP contribution in [0.2, 0.25) is 0 Å². The van der Waals surface area contributed by atoms with E-state index >= 15 is 0 Å². The number of aromatic nitrogens is 3. The van der Waals surface area contributed by atoms with Crippen LogP contribution in [0.1, 0.15) is 12.7 Å². The Balaban J connectivity index is 1.39. The minimum atomic E-state index is -0.428. The molecule has 3 heterocycles. The van der Waals surface area contributed by atoms with Crippen LogP contribution in [0.25, 0.3) is 17.1 Å². The van der Waals surface area contributed by atoms with Gasteiger partial charge in [-0.3, -0.25) is 9.36 Å². The normalized spacial score (nSPS) is 13.5. The van der Waals surface area contributed by atoms with Crippen LogP contribution < -0.4 is 14.8 Å². The fraction of sp³-hybridized carbons (Fsp3) is 0.208. The van der Waals surface area contributed by atoms with Crippen molar-refractivity contribution < 1.29 is 18.7 Å². The van der Waals surface area contributed by atoms with Gasteiger partial charge >= 0.3 is 0 Å². The predicted molar refractivity (Wildman–Crippen MR) is 125 cm³/mol. The first-order valence-electron chi connectivity index (χ1n) is 10.5. The van der Waals surface area contributed by atoms with E-state index in [2.05, 4.69) is 15.5 Å². The molecule has 1 amide bonds. The van der Waals surface area contributed by atoms with Crippen LogP contribution >= 0.6 is 11.8 Å². The van der Waals surface area contributed by atoms with Gasteiger partial charge in [-0.05, 0) is 44.2 Å². The van der Waals surface area contributed by atoms with Crippen molar-refractivity contribution in [2.24, 2.45) is 0 Å². The summed E-state index contributed by atoms with van der Waals surface area (Å²) in [5, 5.41) is 11.9. The van der Waals surface area contributed by atoms with E-state index in [4.69, 9.17) is 13.9 Å². The average Bonchev–Trinajstić information content (AvgIpc) is 3.45. The molecule has 0 saturated carbocycles. The Hall–Kier alpha value is -3.72. The molecule has 1 atom stereocenters. The Morgan fingerprint density at radius 3 is 2.61 bits per heavy atom. The van der Waals surface area contributed by atoms with Gasteiger partial charge in [0, 0.05) is 17.4 Å². The van der Waals surface area contributed by atoms with E-state index in [0.717, 1.165) is 17.0 Å². The molecule has 1 N–H and O–H groups in total. The monoisotopic (exact) mass is 462 g/mol. The number of aryl methyl sites for hydroxylation is 1. The summed E-state index contributed by atoms with van der Waals surface area (Å²) < 4.78 is 18.6. The molecule has 4 aromatic rings. The largest absolute Gasteiger partial charge is 0.486 e. The Morgan fingerprint density at radius 2 is 1.85 bits per heavy atom. The number of fused-ring (bicyclic) bond motifs is 1. The van der Waals surface area contributed by atoms with Crippen molar-refractivity contribution in [3.8, 4) is 28.6 Å². The van der Waals surface area contributed by atoms with Gasteiger partial charge in [0.25, 0.3) is 0 Å². The highest BCUT2D eigenvalue weighted by molar-refractivity contribution is 8.00. The van der Waals surface area contributed by atoms with E-state index in [1.165, 1.54) is 11.8 Å². The second kappa shape index (κ2) is 9.03. The maximum Gasteiger partial charge on any atom is 0.237 e. The number of anilines is 1. The summed E-state index contributed by atoms with van der Waals surface area (Å²) in [6, 6.07) is 17.1. The second-order valence-electron chi connectivity index (χ2n) is 7.48. The summed E-state index contributed by atoms with van der Waals surface area (Å²) in [5.41, 5.74) is 2.41. The average molecular weight is 463 g/mol. The number of nitrogens with zero attached hydrogens (tertiary/aromatic N) is 3. The molecule has 1 aliphatic heterocycles. The highest BCUT2D eigenvalue weighted by atomic mass is 32.2. The van der Waals surface area contributed by atoms with Crippen LogP contribution in [0.4, 0.5) is 5.69 Å². The first kappa shape index (κ1) is 21.1. The van der Waals surface area contributed by atoms with E-state index in [1.807, 2.05) is 54.8 Å². The summed E-state index contributed by atoms with van der Waals surface area (Å²) in [6.07, 6.45) is 1.63. The number of hydrogen-bond donors (Lipinski definition) is 1.